The molecule has 3 heteroatoms. The number of H-pyrrole nitrogens is 1. The smallest absolute Gasteiger partial charge is 0.142 e. The number of aromatic amines is 1. The van der Waals surface area contributed by atoms with Gasteiger partial charge in [-0.3, -0.25) is 4.79 Å². The van der Waals surface area contributed by atoms with Gasteiger partial charge in [-0.05, 0) is 18.1 Å². The zero-order valence-corrected chi connectivity index (χ0v) is 10.6. The van der Waals surface area contributed by atoms with Gasteiger partial charge in [0.1, 0.15) is 5.78 Å². The minimum atomic E-state index is 0.123. The molecule has 1 aromatic carbocycles. The van der Waals surface area contributed by atoms with Crippen molar-refractivity contribution in [3.63, 3.8) is 0 Å². The van der Waals surface area contributed by atoms with Gasteiger partial charge in [-0.15, -0.1) is 0 Å². The molecule has 0 radical (unpaired) electrons. The Hall–Kier alpha value is -1.90. The second-order valence-electron chi connectivity index (χ2n) is 4.61. The molecule has 0 aliphatic heterocycles. The Morgan fingerprint density at radius 1 is 1.33 bits per heavy atom. The number of aromatic nitrogens is 1. The van der Waals surface area contributed by atoms with Gasteiger partial charge in [0.2, 0.25) is 0 Å². The molecule has 0 saturated heterocycles. The van der Waals surface area contributed by atoms with Gasteiger partial charge in [-0.2, -0.15) is 0 Å². The molecule has 2 aromatic rings. The fourth-order valence-corrected chi connectivity index (χ4v) is 2.18. The van der Waals surface area contributed by atoms with Crippen LogP contribution in [0.15, 0.2) is 30.5 Å². The number of carbonyl (C=O) groups is 1. The number of hydrogen-bond acceptors (Lipinski definition) is 2. The van der Waals surface area contributed by atoms with Crippen LogP contribution in [0.4, 0.5) is 0 Å². The van der Waals surface area contributed by atoms with Gasteiger partial charge >= 0.3 is 0 Å². The van der Waals surface area contributed by atoms with E-state index in [1.54, 1.807) is 0 Å². The normalized spacial score (nSPS) is 10.7. The van der Waals surface area contributed by atoms with Crippen molar-refractivity contribution in [2.45, 2.75) is 32.6 Å². The van der Waals surface area contributed by atoms with Crippen LogP contribution in [-0.2, 0) is 11.2 Å². The van der Waals surface area contributed by atoms with E-state index >= 15 is 0 Å². The third-order valence-corrected chi connectivity index (χ3v) is 3.02. The summed E-state index contributed by atoms with van der Waals surface area (Å²) in [5, 5.41) is 8.79. The maximum Gasteiger partial charge on any atom is 0.142 e. The van der Waals surface area contributed by atoms with E-state index in [-0.39, 0.29) is 12.2 Å². The fourth-order valence-electron chi connectivity index (χ4n) is 2.18. The lowest BCUT2D eigenvalue weighted by Gasteiger charge is -2.01. The van der Waals surface area contributed by atoms with Gasteiger partial charge in [-0.1, -0.05) is 31.5 Å². The molecule has 0 aliphatic rings. The lowest BCUT2D eigenvalue weighted by molar-refractivity contribution is -0.117. The third-order valence-electron chi connectivity index (χ3n) is 3.02. The Balaban J connectivity index is 2.05. The molecule has 1 aromatic heterocycles. The van der Waals surface area contributed by atoms with Crippen molar-refractivity contribution in [3.05, 3.63) is 36.0 Å². The molecule has 0 bridgehead atoms. The van der Waals surface area contributed by atoms with Gasteiger partial charge < -0.3 is 10.4 Å². The highest BCUT2D eigenvalue weighted by molar-refractivity contribution is 6.02. The van der Waals surface area contributed by atoms with Crippen molar-refractivity contribution in [2.75, 3.05) is 0 Å². The summed E-state index contributed by atoms with van der Waals surface area (Å²) >= 11 is 0. The van der Waals surface area contributed by atoms with E-state index in [2.05, 4.69) is 4.98 Å². The third kappa shape index (κ3) is 2.86. The van der Waals surface area contributed by atoms with E-state index in [4.69, 9.17) is 5.41 Å². The molecule has 18 heavy (non-hydrogen) atoms. The van der Waals surface area contributed by atoms with Crippen LogP contribution in [0.3, 0.4) is 0 Å². The summed E-state index contributed by atoms with van der Waals surface area (Å²) in [6.45, 7) is 2.03. The topological polar surface area (TPSA) is 56.7 Å². The van der Waals surface area contributed by atoms with Crippen LogP contribution in [0.2, 0.25) is 0 Å². The summed E-state index contributed by atoms with van der Waals surface area (Å²) in [5.74, 6) is 0.123. The van der Waals surface area contributed by atoms with E-state index in [9.17, 15) is 4.79 Å². The first kappa shape index (κ1) is 12.6. The number of nitrogens with one attached hydrogen (secondary N) is 2. The standard InChI is InChI=1S/C15H18N2O/c1-2-5-12(16)9-13(18)8-11-10-17-15-7-4-3-6-14(11)15/h3-4,6-7,10,16-17H,2,5,8-9H2,1H3. The van der Waals surface area contributed by atoms with Crippen molar-refractivity contribution in [1.82, 2.24) is 4.98 Å². The number of fused-ring (bicyclic) bond motifs is 1. The highest BCUT2D eigenvalue weighted by atomic mass is 16.1. The van der Waals surface area contributed by atoms with Crippen molar-refractivity contribution >= 4 is 22.4 Å². The molecule has 0 atom stereocenters. The van der Waals surface area contributed by atoms with E-state index in [1.807, 2.05) is 37.4 Å². The number of carbonyl (C=O) groups excluding carboxylic acids is 1. The minimum Gasteiger partial charge on any atom is -0.361 e. The molecule has 0 amide bonds. The molecule has 1 heterocycles. The summed E-state index contributed by atoms with van der Waals surface area (Å²) in [6.07, 6.45) is 4.24. The summed E-state index contributed by atoms with van der Waals surface area (Å²) in [6, 6.07) is 7.97. The predicted molar refractivity (Wildman–Crippen MR) is 74.3 cm³/mol. The summed E-state index contributed by atoms with van der Waals surface area (Å²) < 4.78 is 0. The molecule has 2 rings (SSSR count). The Kier molecular flexibility index (Phi) is 3.92. The Bertz CT molecular complexity index is 569. The molecule has 0 saturated carbocycles. The Morgan fingerprint density at radius 3 is 2.89 bits per heavy atom. The molecule has 0 aliphatic carbocycles. The number of benzene rings is 1. The number of ketones is 1. The molecule has 94 valence electrons. The van der Waals surface area contributed by atoms with Crippen molar-refractivity contribution < 1.29 is 4.79 Å². The maximum atomic E-state index is 11.9. The zero-order chi connectivity index (χ0) is 13.0. The van der Waals surface area contributed by atoms with Gasteiger partial charge in [-0.25, -0.2) is 0 Å². The quantitative estimate of drug-likeness (QED) is 0.748. The molecule has 0 spiro atoms. The lowest BCUT2D eigenvalue weighted by Crippen LogP contribution is -2.09. The number of hydrogen-bond donors (Lipinski definition) is 2. The van der Waals surface area contributed by atoms with Crippen LogP contribution in [0.1, 0.15) is 31.7 Å². The van der Waals surface area contributed by atoms with Gasteiger partial charge in [0.15, 0.2) is 0 Å². The van der Waals surface area contributed by atoms with E-state index in [0.29, 0.717) is 12.1 Å². The van der Waals surface area contributed by atoms with Crippen LogP contribution < -0.4 is 0 Å². The molecule has 0 unspecified atom stereocenters. The number of Topliss-reactive ketones (excluding diaryl/α,β-unsaturated/α-hetero) is 1. The van der Waals surface area contributed by atoms with Crippen LogP contribution in [0, 0.1) is 5.41 Å². The van der Waals surface area contributed by atoms with Crippen molar-refractivity contribution in [2.24, 2.45) is 0 Å². The van der Waals surface area contributed by atoms with E-state index < -0.39 is 0 Å². The molecular weight excluding hydrogens is 224 g/mol. The van der Waals surface area contributed by atoms with Gasteiger partial charge in [0, 0.05) is 35.7 Å². The minimum absolute atomic E-state index is 0.123. The van der Waals surface area contributed by atoms with E-state index in [1.165, 1.54) is 0 Å². The highest BCUT2D eigenvalue weighted by Gasteiger charge is 2.10. The SMILES string of the molecule is CCCC(=N)CC(=O)Cc1c[nH]c2ccccc12. The Morgan fingerprint density at radius 2 is 2.11 bits per heavy atom. The van der Waals surface area contributed by atoms with Crippen LogP contribution in [0.25, 0.3) is 10.9 Å². The monoisotopic (exact) mass is 242 g/mol. The lowest BCUT2D eigenvalue weighted by atomic mass is 10.0. The maximum absolute atomic E-state index is 11.9. The second kappa shape index (κ2) is 5.63. The summed E-state index contributed by atoms with van der Waals surface area (Å²) in [5.41, 5.74) is 2.63. The first-order chi connectivity index (χ1) is 8.70. The van der Waals surface area contributed by atoms with Gasteiger partial charge in [0.05, 0.1) is 0 Å². The first-order valence-electron chi connectivity index (χ1n) is 6.33. The zero-order valence-electron chi connectivity index (χ0n) is 10.6. The summed E-state index contributed by atoms with van der Waals surface area (Å²) in [4.78, 5) is 15.1. The first-order valence-corrected chi connectivity index (χ1v) is 6.33. The molecular formula is C15H18N2O. The predicted octanol–water partition coefficient (Wildman–Crippen LogP) is 3.49. The average Bonchev–Trinajstić information content (AvgIpc) is 2.73. The fraction of sp³-hybridized carbons (Fsp3) is 0.333. The van der Waals surface area contributed by atoms with Crippen molar-refractivity contribution in [1.29, 1.82) is 5.41 Å². The molecule has 3 nitrogen and oxygen atoms in total. The highest BCUT2D eigenvalue weighted by Crippen LogP contribution is 2.18. The van der Waals surface area contributed by atoms with Crippen LogP contribution >= 0.6 is 0 Å². The number of para-hydroxylation sites is 1. The Labute approximate surface area is 107 Å². The van der Waals surface area contributed by atoms with Crippen molar-refractivity contribution in [3.8, 4) is 0 Å². The van der Waals surface area contributed by atoms with Crippen LogP contribution in [0.5, 0.6) is 0 Å². The molecule has 2 N–H and O–H groups in total. The van der Waals surface area contributed by atoms with Gasteiger partial charge in [0.25, 0.3) is 0 Å². The van der Waals surface area contributed by atoms with Crippen LogP contribution in [-0.4, -0.2) is 16.5 Å². The summed E-state index contributed by atoms with van der Waals surface area (Å²) in [7, 11) is 0. The number of rotatable bonds is 6. The molecule has 0 fully saturated rings. The largest absolute Gasteiger partial charge is 0.361 e. The average molecular weight is 242 g/mol. The van der Waals surface area contributed by atoms with E-state index in [0.717, 1.165) is 29.3 Å². The second-order valence-corrected chi connectivity index (χ2v) is 4.61.